The van der Waals surface area contributed by atoms with Gasteiger partial charge in [0.2, 0.25) is 0 Å². The van der Waals surface area contributed by atoms with Crippen LogP contribution in [0.15, 0.2) is 6.33 Å². The molecule has 0 atom stereocenters. The molecule has 2 rings (SSSR count). The summed E-state index contributed by atoms with van der Waals surface area (Å²) in [5, 5.41) is 10.3. The van der Waals surface area contributed by atoms with E-state index in [0.717, 1.165) is 18.8 Å². The highest BCUT2D eigenvalue weighted by Gasteiger charge is 2.26. The molecule has 1 aromatic rings. The summed E-state index contributed by atoms with van der Waals surface area (Å²) in [5.74, 6) is 1.08. The Kier molecular flexibility index (Phi) is 1.78. The molecule has 1 aliphatic rings. The Morgan fingerprint density at radius 3 is 2.85 bits per heavy atom. The summed E-state index contributed by atoms with van der Waals surface area (Å²) in [6.07, 6.45) is 4.03. The standard InChI is InChI=1S/C9H16N4/c1-9(2,3)13-6-4-5-8-11-10-7-12(8)13/h7H,4-6H2,1-3H3. The SMILES string of the molecule is CC(C)(C)N1CCCc2nncn21. The molecule has 0 aliphatic carbocycles. The van der Waals surface area contributed by atoms with Crippen molar-refractivity contribution in [3.8, 4) is 0 Å². The zero-order valence-electron chi connectivity index (χ0n) is 8.49. The third-order valence-corrected chi connectivity index (χ3v) is 2.40. The summed E-state index contributed by atoms with van der Waals surface area (Å²) in [7, 11) is 0. The molecular weight excluding hydrogens is 164 g/mol. The molecule has 0 N–H and O–H groups in total. The van der Waals surface area contributed by atoms with Crippen LogP contribution in [0.5, 0.6) is 0 Å². The minimum absolute atomic E-state index is 0.150. The molecule has 1 aliphatic heterocycles. The van der Waals surface area contributed by atoms with E-state index in [1.165, 1.54) is 6.42 Å². The highest BCUT2D eigenvalue weighted by atomic mass is 15.6. The van der Waals surface area contributed by atoms with Crippen molar-refractivity contribution in [1.82, 2.24) is 14.9 Å². The Bertz CT molecular complexity index is 297. The van der Waals surface area contributed by atoms with E-state index in [-0.39, 0.29) is 5.54 Å². The first-order valence-corrected chi connectivity index (χ1v) is 4.76. The van der Waals surface area contributed by atoms with E-state index in [1.807, 2.05) is 0 Å². The van der Waals surface area contributed by atoms with Crippen molar-refractivity contribution in [3.05, 3.63) is 12.2 Å². The van der Waals surface area contributed by atoms with E-state index >= 15 is 0 Å². The minimum Gasteiger partial charge on any atom is -0.305 e. The molecule has 0 amide bonds. The lowest BCUT2D eigenvalue weighted by molar-refractivity contribution is 0.362. The number of nitrogens with zero attached hydrogens (tertiary/aromatic N) is 4. The molecule has 72 valence electrons. The highest BCUT2D eigenvalue weighted by Crippen LogP contribution is 2.18. The fourth-order valence-corrected chi connectivity index (χ4v) is 1.77. The Labute approximate surface area is 78.5 Å². The molecule has 0 unspecified atom stereocenters. The van der Waals surface area contributed by atoms with Crippen LogP contribution in [-0.2, 0) is 6.42 Å². The van der Waals surface area contributed by atoms with Gasteiger partial charge in [0, 0.05) is 18.5 Å². The van der Waals surface area contributed by atoms with E-state index in [4.69, 9.17) is 0 Å². The van der Waals surface area contributed by atoms with Crippen molar-refractivity contribution in [1.29, 1.82) is 0 Å². The predicted octanol–water partition coefficient (Wildman–Crippen LogP) is 0.961. The van der Waals surface area contributed by atoms with Crippen LogP contribution < -0.4 is 5.01 Å². The molecule has 0 radical (unpaired) electrons. The van der Waals surface area contributed by atoms with Gasteiger partial charge in [0.15, 0.2) is 5.82 Å². The van der Waals surface area contributed by atoms with Gasteiger partial charge in [-0.25, -0.2) is 4.68 Å². The van der Waals surface area contributed by atoms with Crippen LogP contribution in [0, 0.1) is 0 Å². The predicted molar refractivity (Wildman–Crippen MR) is 51.2 cm³/mol. The zero-order valence-corrected chi connectivity index (χ0v) is 8.49. The van der Waals surface area contributed by atoms with E-state index in [2.05, 4.69) is 40.7 Å². The van der Waals surface area contributed by atoms with Gasteiger partial charge in [-0.15, -0.1) is 10.2 Å². The van der Waals surface area contributed by atoms with Gasteiger partial charge in [0.25, 0.3) is 0 Å². The van der Waals surface area contributed by atoms with Crippen molar-refractivity contribution in [3.63, 3.8) is 0 Å². The van der Waals surface area contributed by atoms with Gasteiger partial charge < -0.3 is 5.01 Å². The molecule has 1 aromatic heterocycles. The van der Waals surface area contributed by atoms with Gasteiger partial charge >= 0.3 is 0 Å². The van der Waals surface area contributed by atoms with Gasteiger partial charge in [-0.3, -0.25) is 0 Å². The third-order valence-electron chi connectivity index (χ3n) is 2.40. The lowest BCUT2D eigenvalue weighted by atomic mass is 10.1. The van der Waals surface area contributed by atoms with Crippen LogP contribution in [0.25, 0.3) is 0 Å². The second kappa shape index (κ2) is 2.72. The number of hydrogen-bond donors (Lipinski definition) is 0. The maximum absolute atomic E-state index is 4.09. The molecule has 4 nitrogen and oxygen atoms in total. The summed E-state index contributed by atoms with van der Waals surface area (Å²) in [5.41, 5.74) is 0.150. The van der Waals surface area contributed by atoms with Crippen LogP contribution in [0.4, 0.5) is 0 Å². The first-order chi connectivity index (χ1) is 6.09. The van der Waals surface area contributed by atoms with Crippen molar-refractivity contribution in [2.75, 3.05) is 11.6 Å². The Morgan fingerprint density at radius 2 is 2.15 bits per heavy atom. The van der Waals surface area contributed by atoms with Crippen molar-refractivity contribution in [2.45, 2.75) is 39.2 Å². The lowest BCUT2D eigenvalue weighted by Gasteiger charge is -2.40. The van der Waals surface area contributed by atoms with E-state index < -0.39 is 0 Å². The molecule has 0 bridgehead atoms. The van der Waals surface area contributed by atoms with Crippen LogP contribution in [-0.4, -0.2) is 27.0 Å². The van der Waals surface area contributed by atoms with Crippen LogP contribution in [0.2, 0.25) is 0 Å². The molecule has 0 aromatic carbocycles. The van der Waals surface area contributed by atoms with E-state index in [9.17, 15) is 0 Å². The van der Waals surface area contributed by atoms with Gasteiger partial charge in [-0.2, -0.15) is 0 Å². The summed E-state index contributed by atoms with van der Waals surface area (Å²) >= 11 is 0. The van der Waals surface area contributed by atoms with Crippen LogP contribution >= 0.6 is 0 Å². The number of aromatic nitrogens is 3. The molecule has 4 heteroatoms. The van der Waals surface area contributed by atoms with Gasteiger partial charge in [0.1, 0.15) is 6.33 Å². The highest BCUT2D eigenvalue weighted by molar-refractivity contribution is 5.06. The van der Waals surface area contributed by atoms with Crippen molar-refractivity contribution >= 4 is 0 Å². The molecule has 0 fully saturated rings. The maximum atomic E-state index is 4.09. The first kappa shape index (κ1) is 8.53. The fourth-order valence-electron chi connectivity index (χ4n) is 1.77. The molecule has 2 heterocycles. The Hall–Kier alpha value is -1.06. The van der Waals surface area contributed by atoms with Gasteiger partial charge in [0.05, 0.1) is 0 Å². The minimum atomic E-state index is 0.150. The smallest absolute Gasteiger partial charge is 0.152 e. The Morgan fingerprint density at radius 1 is 1.38 bits per heavy atom. The monoisotopic (exact) mass is 180 g/mol. The lowest BCUT2D eigenvalue weighted by Crippen LogP contribution is -2.52. The average molecular weight is 180 g/mol. The van der Waals surface area contributed by atoms with E-state index in [1.54, 1.807) is 6.33 Å². The summed E-state index contributed by atoms with van der Waals surface area (Å²) in [6, 6.07) is 0. The number of fused-ring (bicyclic) bond motifs is 1. The van der Waals surface area contributed by atoms with Crippen molar-refractivity contribution < 1.29 is 0 Å². The molecule has 13 heavy (non-hydrogen) atoms. The van der Waals surface area contributed by atoms with Crippen molar-refractivity contribution in [2.24, 2.45) is 0 Å². The maximum Gasteiger partial charge on any atom is 0.152 e. The largest absolute Gasteiger partial charge is 0.305 e. The quantitative estimate of drug-likeness (QED) is 0.596. The van der Waals surface area contributed by atoms with Gasteiger partial charge in [-0.05, 0) is 27.2 Å². The second-order valence-corrected chi connectivity index (χ2v) is 4.49. The topological polar surface area (TPSA) is 34.0 Å². The molecule has 0 saturated carbocycles. The normalized spacial score (nSPS) is 17.3. The summed E-state index contributed by atoms with van der Waals surface area (Å²) in [6.45, 7) is 7.72. The number of rotatable bonds is 0. The van der Waals surface area contributed by atoms with Crippen LogP contribution in [0.1, 0.15) is 33.0 Å². The summed E-state index contributed by atoms with van der Waals surface area (Å²) < 4.78 is 2.09. The summed E-state index contributed by atoms with van der Waals surface area (Å²) in [4.78, 5) is 0. The molecular formula is C9H16N4. The molecule has 0 saturated heterocycles. The first-order valence-electron chi connectivity index (χ1n) is 4.76. The average Bonchev–Trinajstić information content (AvgIpc) is 2.48. The molecule has 0 spiro atoms. The Balaban J connectivity index is 2.35. The fraction of sp³-hybridized carbons (Fsp3) is 0.778. The number of hydrogen-bond acceptors (Lipinski definition) is 3. The van der Waals surface area contributed by atoms with Crippen LogP contribution in [0.3, 0.4) is 0 Å². The van der Waals surface area contributed by atoms with E-state index in [0.29, 0.717) is 0 Å². The zero-order chi connectivity index (χ0) is 9.47. The second-order valence-electron chi connectivity index (χ2n) is 4.49. The van der Waals surface area contributed by atoms with Gasteiger partial charge in [-0.1, -0.05) is 0 Å². The number of aryl methyl sites for hydroxylation is 1. The third kappa shape index (κ3) is 1.41.